The minimum Gasteiger partial charge on any atom is -0.494 e. The van der Waals surface area contributed by atoms with Crippen LogP contribution in [-0.2, 0) is 6.54 Å². The van der Waals surface area contributed by atoms with Crippen molar-refractivity contribution in [3.05, 3.63) is 47.3 Å². The molecule has 0 saturated carbocycles. The lowest BCUT2D eigenvalue weighted by Crippen LogP contribution is -2.07. The van der Waals surface area contributed by atoms with Crippen molar-refractivity contribution in [1.29, 1.82) is 0 Å². The highest BCUT2D eigenvalue weighted by molar-refractivity contribution is 5.22. The van der Waals surface area contributed by atoms with E-state index in [0.29, 0.717) is 0 Å². The average molecular weight is 244 g/mol. The Hall–Kier alpha value is -1.77. The van der Waals surface area contributed by atoms with E-state index in [1.54, 1.807) is 0 Å². The molecule has 0 spiro atoms. The van der Waals surface area contributed by atoms with Gasteiger partial charge in [-0.3, -0.25) is 4.68 Å². The molecule has 0 aliphatic rings. The second kappa shape index (κ2) is 5.71. The van der Waals surface area contributed by atoms with Crippen molar-refractivity contribution in [3.63, 3.8) is 0 Å². The summed E-state index contributed by atoms with van der Waals surface area (Å²) < 4.78 is 7.73. The summed E-state index contributed by atoms with van der Waals surface area (Å²) in [6.07, 6.45) is 0.969. The molecule has 0 unspecified atom stereocenters. The Morgan fingerprint density at radius 1 is 1.11 bits per heavy atom. The van der Waals surface area contributed by atoms with E-state index < -0.39 is 0 Å². The molecule has 0 N–H and O–H groups in total. The topological polar surface area (TPSA) is 27.1 Å². The van der Waals surface area contributed by atoms with E-state index in [0.717, 1.165) is 31.0 Å². The van der Waals surface area contributed by atoms with Gasteiger partial charge in [0.15, 0.2) is 0 Å². The van der Waals surface area contributed by atoms with Crippen LogP contribution in [0.1, 0.15) is 23.4 Å². The molecule has 0 fully saturated rings. The zero-order valence-electron chi connectivity index (χ0n) is 11.3. The molecule has 0 aliphatic heterocycles. The number of aromatic nitrogens is 2. The number of hydrogen-bond acceptors (Lipinski definition) is 2. The van der Waals surface area contributed by atoms with Gasteiger partial charge in [0, 0.05) is 18.7 Å². The smallest absolute Gasteiger partial charge is 0.119 e. The van der Waals surface area contributed by atoms with Crippen LogP contribution in [-0.4, -0.2) is 16.4 Å². The first-order valence-corrected chi connectivity index (χ1v) is 6.37. The number of hydrogen-bond donors (Lipinski definition) is 0. The molecule has 3 nitrogen and oxygen atoms in total. The minimum atomic E-state index is 0.724. The molecule has 1 heterocycles. The summed E-state index contributed by atoms with van der Waals surface area (Å²) >= 11 is 0. The van der Waals surface area contributed by atoms with Crippen molar-refractivity contribution >= 4 is 0 Å². The number of aryl methyl sites for hydroxylation is 2. The van der Waals surface area contributed by atoms with Crippen LogP contribution in [0.4, 0.5) is 0 Å². The fraction of sp³-hybridized carbons (Fsp3) is 0.400. The van der Waals surface area contributed by atoms with Gasteiger partial charge in [-0.25, -0.2) is 0 Å². The molecule has 0 aliphatic carbocycles. The number of nitrogens with zero attached hydrogens (tertiary/aromatic N) is 2. The Balaban J connectivity index is 1.80. The zero-order valence-corrected chi connectivity index (χ0v) is 11.3. The maximum absolute atomic E-state index is 5.66. The van der Waals surface area contributed by atoms with E-state index >= 15 is 0 Å². The number of ether oxygens (including phenoxy) is 1. The van der Waals surface area contributed by atoms with E-state index in [2.05, 4.69) is 30.6 Å². The summed E-state index contributed by atoms with van der Waals surface area (Å²) in [6, 6.07) is 9.92. The third-order valence-corrected chi connectivity index (χ3v) is 3.27. The normalized spacial score (nSPS) is 10.6. The number of rotatable bonds is 5. The Morgan fingerprint density at radius 2 is 1.83 bits per heavy atom. The van der Waals surface area contributed by atoms with E-state index in [1.165, 1.54) is 11.3 Å². The summed E-state index contributed by atoms with van der Waals surface area (Å²) in [7, 11) is 0. The molecule has 0 amide bonds. The average Bonchev–Trinajstić information content (AvgIpc) is 2.64. The van der Waals surface area contributed by atoms with Gasteiger partial charge in [-0.2, -0.15) is 5.10 Å². The van der Waals surface area contributed by atoms with Crippen molar-refractivity contribution < 1.29 is 4.74 Å². The lowest BCUT2D eigenvalue weighted by atomic mass is 10.2. The van der Waals surface area contributed by atoms with Gasteiger partial charge in [0.2, 0.25) is 0 Å². The molecule has 96 valence electrons. The highest BCUT2D eigenvalue weighted by Gasteiger charge is 2.06. The van der Waals surface area contributed by atoms with Crippen LogP contribution in [0.3, 0.4) is 0 Å². The van der Waals surface area contributed by atoms with Crippen LogP contribution in [0.2, 0.25) is 0 Å². The molecule has 18 heavy (non-hydrogen) atoms. The highest BCUT2D eigenvalue weighted by Crippen LogP contribution is 2.12. The maximum Gasteiger partial charge on any atom is 0.119 e. The lowest BCUT2D eigenvalue weighted by molar-refractivity contribution is 0.298. The first-order valence-electron chi connectivity index (χ1n) is 6.37. The van der Waals surface area contributed by atoms with Crippen molar-refractivity contribution in [3.8, 4) is 5.75 Å². The van der Waals surface area contributed by atoms with Gasteiger partial charge < -0.3 is 4.74 Å². The Labute approximate surface area is 108 Å². The van der Waals surface area contributed by atoms with Gasteiger partial charge in [0.05, 0.1) is 12.3 Å². The van der Waals surface area contributed by atoms with Gasteiger partial charge >= 0.3 is 0 Å². The second-order valence-electron chi connectivity index (χ2n) is 4.53. The standard InChI is InChI=1S/C15H20N2O/c1-12-13(2)16-17(14(12)3)10-7-11-18-15-8-5-4-6-9-15/h4-6,8-9H,7,10-11H2,1-3H3. The summed E-state index contributed by atoms with van der Waals surface area (Å²) in [5, 5.41) is 4.52. The molecular weight excluding hydrogens is 224 g/mol. The molecule has 2 aromatic rings. The first-order chi connectivity index (χ1) is 8.68. The number of para-hydroxylation sites is 1. The third kappa shape index (κ3) is 2.92. The van der Waals surface area contributed by atoms with Crippen molar-refractivity contribution in [2.75, 3.05) is 6.61 Å². The van der Waals surface area contributed by atoms with Gasteiger partial charge in [-0.15, -0.1) is 0 Å². The van der Waals surface area contributed by atoms with Gasteiger partial charge in [0.25, 0.3) is 0 Å². The Bertz CT molecular complexity index is 503. The summed E-state index contributed by atoms with van der Waals surface area (Å²) in [5.74, 6) is 0.932. The maximum atomic E-state index is 5.66. The highest BCUT2D eigenvalue weighted by atomic mass is 16.5. The first kappa shape index (κ1) is 12.7. The summed E-state index contributed by atoms with van der Waals surface area (Å²) in [4.78, 5) is 0. The van der Waals surface area contributed by atoms with E-state index in [1.807, 2.05) is 30.3 Å². The Kier molecular flexibility index (Phi) is 4.03. The van der Waals surface area contributed by atoms with Gasteiger partial charge in [-0.05, 0) is 38.5 Å². The van der Waals surface area contributed by atoms with Crippen molar-refractivity contribution in [2.45, 2.75) is 33.7 Å². The molecule has 0 bridgehead atoms. The molecule has 3 heteroatoms. The lowest BCUT2D eigenvalue weighted by Gasteiger charge is -2.07. The van der Waals surface area contributed by atoms with Gasteiger partial charge in [0.1, 0.15) is 5.75 Å². The van der Waals surface area contributed by atoms with E-state index in [4.69, 9.17) is 4.74 Å². The quantitative estimate of drug-likeness (QED) is 0.755. The molecule has 0 atom stereocenters. The Morgan fingerprint density at radius 3 is 2.44 bits per heavy atom. The van der Waals surface area contributed by atoms with Crippen LogP contribution in [0, 0.1) is 20.8 Å². The van der Waals surface area contributed by atoms with Crippen LogP contribution in [0.15, 0.2) is 30.3 Å². The van der Waals surface area contributed by atoms with E-state index in [-0.39, 0.29) is 0 Å². The SMILES string of the molecule is Cc1nn(CCCOc2ccccc2)c(C)c1C. The van der Waals surface area contributed by atoms with Crippen LogP contribution in [0.5, 0.6) is 5.75 Å². The molecule has 2 rings (SSSR count). The molecule has 1 aromatic heterocycles. The third-order valence-electron chi connectivity index (χ3n) is 3.27. The summed E-state index contributed by atoms with van der Waals surface area (Å²) in [5.41, 5.74) is 3.67. The largest absolute Gasteiger partial charge is 0.494 e. The van der Waals surface area contributed by atoms with E-state index in [9.17, 15) is 0 Å². The fourth-order valence-electron chi connectivity index (χ4n) is 1.93. The number of benzene rings is 1. The molecule has 0 radical (unpaired) electrons. The zero-order chi connectivity index (χ0) is 13.0. The van der Waals surface area contributed by atoms with Crippen molar-refractivity contribution in [2.24, 2.45) is 0 Å². The van der Waals surface area contributed by atoms with Crippen molar-refractivity contribution in [1.82, 2.24) is 9.78 Å². The monoisotopic (exact) mass is 244 g/mol. The molecular formula is C15H20N2O. The molecule has 0 saturated heterocycles. The van der Waals surface area contributed by atoms with Crippen LogP contribution < -0.4 is 4.74 Å². The summed E-state index contributed by atoms with van der Waals surface area (Å²) in [6.45, 7) is 7.93. The minimum absolute atomic E-state index is 0.724. The molecule has 1 aromatic carbocycles. The second-order valence-corrected chi connectivity index (χ2v) is 4.53. The van der Waals surface area contributed by atoms with Gasteiger partial charge in [-0.1, -0.05) is 18.2 Å². The van der Waals surface area contributed by atoms with Crippen LogP contribution in [0.25, 0.3) is 0 Å². The van der Waals surface area contributed by atoms with Crippen LogP contribution >= 0.6 is 0 Å². The predicted octanol–water partition coefficient (Wildman–Crippen LogP) is 3.28. The predicted molar refractivity (Wildman–Crippen MR) is 73.0 cm³/mol. The fourth-order valence-corrected chi connectivity index (χ4v) is 1.93.